The highest BCUT2D eigenvalue weighted by atomic mass is 127. The van der Waals surface area contributed by atoms with Crippen LogP contribution in [-0.2, 0) is 6.54 Å². The van der Waals surface area contributed by atoms with E-state index in [1.807, 2.05) is 37.2 Å². The maximum atomic E-state index is 13.4. The molecule has 3 nitrogen and oxygen atoms in total. The van der Waals surface area contributed by atoms with E-state index < -0.39 is 0 Å². The molecule has 2 aromatic carbocycles. The fraction of sp³-hybridized carbons (Fsp3) is 0.200. The molecule has 0 aliphatic carbocycles. The Bertz CT molecular complexity index is 617. The highest BCUT2D eigenvalue weighted by molar-refractivity contribution is 14.1. The lowest BCUT2D eigenvalue weighted by molar-refractivity contribution is 0.387. The highest BCUT2D eigenvalue weighted by Crippen LogP contribution is 2.31. The lowest BCUT2D eigenvalue weighted by Crippen LogP contribution is -2.11. The standard InChI is InChI=1S/C15H16FIN2O/c1-19(2)9-10-7-11(16)3-5-14(10)20-15-6-4-12(17)8-13(15)18/h3-8H,9,18H2,1-2H3. The molecule has 0 fully saturated rings. The van der Waals surface area contributed by atoms with Gasteiger partial charge in [0.1, 0.15) is 17.3 Å². The minimum absolute atomic E-state index is 0.273. The van der Waals surface area contributed by atoms with Crippen LogP contribution >= 0.6 is 22.6 Å². The number of nitrogen functional groups attached to an aromatic ring is 1. The monoisotopic (exact) mass is 386 g/mol. The number of nitrogens with zero attached hydrogens (tertiary/aromatic N) is 1. The van der Waals surface area contributed by atoms with Crippen LogP contribution in [0.25, 0.3) is 0 Å². The van der Waals surface area contributed by atoms with Crippen molar-refractivity contribution < 1.29 is 9.13 Å². The van der Waals surface area contributed by atoms with Crippen molar-refractivity contribution in [2.75, 3.05) is 19.8 Å². The predicted octanol–water partition coefficient (Wildman–Crippen LogP) is 3.87. The Labute approximate surface area is 131 Å². The zero-order valence-electron chi connectivity index (χ0n) is 11.4. The molecule has 0 saturated carbocycles. The molecule has 0 aliphatic heterocycles. The topological polar surface area (TPSA) is 38.5 Å². The number of anilines is 1. The third-order valence-electron chi connectivity index (χ3n) is 2.70. The van der Waals surface area contributed by atoms with E-state index in [2.05, 4.69) is 22.6 Å². The minimum atomic E-state index is -0.273. The number of rotatable bonds is 4. The first kappa shape index (κ1) is 15.1. The van der Waals surface area contributed by atoms with E-state index in [4.69, 9.17) is 10.5 Å². The van der Waals surface area contributed by atoms with Gasteiger partial charge in [0.25, 0.3) is 0 Å². The first-order valence-electron chi connectivity index (χ1n) is 6.12. The van der Waals surface area contributed by atoms with Crippen LogP contribution in [0, 0.1) is 9.39 Å². The average Bonchev–Trinajstić information content (AvgIpc) is 2.34. The van der Waals surface area contributed by atoms with Crippen LogP contribution in [0.2, 0.25) is 0 Å². The van der Waals surface area contributed by atoms with E-state index in [9.17, 15) is 4.39 Å². The van der Waals surface area contributed by atoms with Gasteiger partial charge in [-0.25, -0.2) is 4.39 Å². The molecule has 0 spiro atoms. The molecular formula is C15H16FIN2O. The van der Waals surface area contributed by atoms with E-state index in [0.29, 0.717) is 23.7 Å². The average molecular weight is 386 g/mol. The highest BCUT2D eigenvalue weighted by Gasteiger charge is 2.10. The van der Waals surface area contributed by atoms with Crippen LogP contribution in [0.15, 0.2) is 36.4 Å². The van der Waals surface area contributed by atoms with E-state index >= 15 is 0 Å². The van der Waals surface area contributed by atoms with Crippen LogP contribution < -0.4 is 10.5 Å². The summed E-state index contributed by atoms with van der Waals surface area (Å²) < 4.78 is 20.2. The summed E-state index contributed by atoms with van der Waals surface area (Å²) >= 11 is 2.19. The van der Waals surface area contributed by atoms with Crippen molar-refractivity contribution in [2.45, 2.75) is 6.54 Å². The Morgan fingerprint density at radius 3 is 2.50 bits per heavy atom. The third-order valence-corrected chi connectivity index (χ3v) is 3.37. The van der Waals surface area contributed by atoms with Crippen LogP contribution in [0.3, 0.4) is 0 Å². The summed E-state index contributed by atoms with van der Waals surface area (Å²) in [4.78, 5) is 1.96. The molecule has 2 aromatic rings. The Balaban J connectivity index is 2.32. The van der Waals surface area contributed by atoms with Gasteiger partial charge in [-0.15, -0.1) is 0 Å². The Morgan fingerprint density at radius 1 is 1.15 bits per heavy atom. The van der Waals surface area contributed by atoms with Crippen molar-refractivity contribution >= 4 is 28.3 Å². The fourth-order valence-electron chi connectivity index (χ4n) is 1.84. The molecule has 20 heavy (non-hydrogen) atoms. The van der Waals surface area contributed by atoms with Crippen LogP contribution in [0.1, 0.15) is 5.56 Å². The van der Waals surface area contributed by atoms with Gasteiger partial charge in [-0.1, -0.05) is 0 Å². The molecule has 0 heterocycles. The fourth-order valence-corrected chi connectivity index (χ4v) is 2.36. The normalized spacial score (nSPS) is 10.8. The summed E-state index contributed by atoms with van der Waals surface area (Å²) in [5, 5.41) is 0. The molecule has 2 N–H and O–H groups in total. The number of halogens is 2. The summed E-state index contributed by atoms with van der Waals surface area (Å²) in [6.45, 7) is 0.595. The number of ether oxygens (including phenoxy) is 1. The maximum Gasteiger partial charge on any atom is 0.150 e. The second-order valence-corrected chi connectivity index (χ2v) is 6.02. The molecule has 0 amide bonds. The van der Waals surface area contributed by atoms with Gasteiger partial charge in [-0.05, 0) is 73.1 Å². The zero-order valence-corrected chi connectivity index (χ0v) is 13.5. The summed E-state index contributed by atoms with van der Waals surface area (Å²) in [6.07, 6.45) is 0. The lowest BCUT2D eigenvalue weighted by atomic mass is 10.2. The molecule has 0 bridgehead atoms. The lowest BCUT2D eigenvalue weighted by Gasteiger charge is -2.16. The molecule has 5 heteroatoms. The first-order valence-corrected chi connectivity index (χ1v) is 7.19. The van der Waals surface area contributed by atoms with Gasteiger partial charge in [0, 0.05) is 15.7 Å². The Kier molecular flexibility index (Phi) is 4.82. The van der Waals surface area contributed by atoms with Crippen LogP contribution in [0.5, 0.6) is 11.5 Å². The smallest absolute Gasteiger partial charge is 0.150 e. The quantitative estimate of drug-likeness (QED) is 0.641. The third kappa shape index (κ3) is 3.83. The van der Waals surface area contributed by atoms with Crippen molar-refractivity contribution in [2.24, 2.45) is 0 Å². The maximum absolute atomic E-state index is 13.4. The van der Waals surface area contributed by atoms with Gasteiger partial charge in [0.05, 0.1) is 5.69 Å². The summed E-state index contributed by atoms with van der Waals surface area (Å²) in [5.41, 5.74) is 7.29. The van der Waals surface area contributed by atoms with Crippen LogP contribution in [-0.4, -0.2) is 19.0 Å². The molecule has 2 rings (SSSR count). The largest absolute Gasteiger partial charge is 0.455 e. The predicted molar refractivity (Wildman–Crippen MR) is 87.4 cm³/mol. The SMILES string of the molecule is CN(C)Cc1cc(F)ccc1Oc1ccc(I)cc1N. The number of hydrogen-bond donors (Lipinski definition) is 1. The van der Waals surface area contributed by atoms with E-state index in [1.165, 1.54) is 12.1 Å². The molecule has 0 radical (unpaired) electrons. The molecule has 0 aromatic heterocycles. The van der Waals surface area contributed by atoms with Gasteiger partial charge >= 0.3 is 0 Å². The number of benzene rings is 2. The van der Waals surface area contributed by atoms with E-state index in [-0.39, 0.29) is 5.82 Å². The molecule has 0 unspecified atom stereocenters. The van der Waals surface area contributed by atoms with Crippen molar-refractivity contribution in [1.82, 2.24) is 4.90 Å². The van der Waals surface area contributed by atoms with Crippen molar-refractivity contribution in [3.8, 4) is 11.5 Å². The molecule has 0 atom stereocenters. The summed E-state index contributed by atoms with van der Waals surface area (Å²) in [6, 6.07) is 10.1. The first-order chi connectivity index (χ1) is 9.45. The van der Waals surface area contributed by atoms with E-state index in [1.54, 1.807) is 6.07 Å². The number of nitrogens with two attached hydrogens (primary N) is 1. The van der Waals surface area contributed by atoms with Gasteiger partial charge < -0.3 is 15.4 Å². The summed E-state index contributed by atoms with van der Waals surface area (Å²) in [5.74, 6) is 0.926. The molecular weight excluding hydrogens is 370 g/mol. The van der Waals surface area contributed by atoms with Gasteiger partial charge in [-0.3, -0.25) is 0 Å². The van der Waals surface area contributed by atoms with Gasteiger partial charge in [0.15, 0.2) is 0 Å². The Morgan fingerprint density at radius 2 is 1.85 bits per heavy atom. The van der Waals surface area contributed by atoms with Crippen LogP contribution in [0.4, 0.5) is 10.1 Å². The number of hydrogen-bond acceptors (Lipinski definition) is 3. The summed E-state index contributed by atoms with van der Waals surface area (Å²) in [7, 11) is 3.85. The van der Waals surface area contributed by atoms with E-state index in [0.717, 1.165) is 9.13 Å². The van der Waals surface area contributed by atoms with Gasteiger partial charge in [0.2, 0.25) is 0 Å². The Hall–Kier alpha value is -1.34. The van der Waals surface area contributed by atoms with Crippen molar-refractivity contribution in [1.29, 1.82) is 0 Å². The van der Waals surface area contributed by atoms with Gasteiger partial charge in [-0.2, -0.15) is 0 Å². The van der Waals surface area contributed by atoms with Crippen molar-refractivity contribution in [3.05, 3.63) is 51.3 Å². The second-order valence-electron chi connectivity index (χ2n) is 4.77. The zero-order chi connectivity index (χ0) is 14.7. The molecule has 106 valence electrons. The second kappa shape index (κ2) is 6.41. The van der Waals surface area contributed by atoms with Crippen molar-refractivity contribution in [3.63, 3.8) is 0 Å². The minimum Gasteiger partial charge on any atom is -0.455 e. The molecule has 0 saturated heterocycles. The molecule has 0 aliphatic rings.